The molecule has 0 bridgehead atoms. The van der Waals surface area contributed by atoms with Crippen molar-refractivity contribution in [1.82, 2.24) is 10.6 Å². The maximum absolute atomic E-state index is 11.1. The van der Waals surface area contributed by atoms with E-state index in [2.05, 4.69) is 10.6 Å². The highest BCUT2D eigenvalue weighted by Crippen LogP contribution is 2.33. The number of urea groups is 1. The molecule has 1 unspecified atom stereocenters. The van der Waals surface area contributed by atoms with Crippen LogP contribution in [0.25, 0.3) is 0 Å². The van der Waals surface area contributed by atoms with E-state index in [1.165, 1.54) is 0 Å². The quantitative estimate of drug-likeness (QED) is 0.298. The SMILES string of the molecule is CCCCC(N)C(N)=O.O=C(O)CCCC[C@@H]1SC[C@@H]2NC(=O)N[C@@H]21. The molecule has 8 nitrogen and oxygen atoms in total. The van der Waals surface area contributed by atoms with Crippen LogP contribution in [0.15, 0.2) is 0 Å². The van der Waals surface area contributed by atoms with Crippen LogP contribution in [0.1, 0.15) is 51.9 Å². The molecular formula is C16H30N4O4S. The number of carboxylic acids is 1. The number of nitrogens with two attached hydrogens (primary N) is 2. The summed E-state index contributed by atoms with van der Waals surface area (Å²) in [6, 6.07) is 0.0000813. The van der Waals surface area contributed by atoms with Crippen LogP contribution in [0.3, 0.4) is 0 Å². The summed E-state index contributed by atoms with van der Waals surface area (Å²) in [5.41, 5.74) is 10.2. The molecule has 0 saturated carbocycles. The van der Waals surface area contributed by atoms with Crippen molar-refractivity contribution in [2.45, 2.75) is 75.2 Å². The first-order valence-electron chi connectivity index (χ1n) is 8.80. The third-order valence-electron chi connectivity index (χ3n) is 4.30. The first-order chi connectivity index (χ1) is 11.8. The van der Waals surface area contributed by atoms with Crippen molar-refractivity contribution in [3.8, 4) is 0 Å². The number of fused-ring (bicyclic) bond motifs is 1. The largest absolute Gasteiger partial charge is 0.481 e. The fraction of sp³-hybridized carbons (Fsp3) is 0.812. The van der Waals surface area contributed by atoms with Crippen LogP contribution in [-0.2, 0) is 9.59 Å². The Morgan fingerprint density at radius 3 is 2.64 bits per heavy atom. The minimum Gasteiger partial charge on any atom is -0.481 e. The molecular weight excluding hydrogens is 344 g/mol. The second kappa shape index (κ2) is 11.2. The van der Waals surface area contributed by atoms with Gasteiger partial charge in [-0.05, 0) is 19.3 Å². The summed E-state index contributed by atoms with van der Waals surface area (Å²) in [5.74, 6) is -0.163. The molecule has 4 atom stereocenters. The van der Waals surface area contributed by atoms with Crippen molar-refractivity contribution in [2.24, 2.45) is 11.5 Å². The van der Waals surface area contributed by atoms with Gasteiger partial charge in [0.25, 0.3) is 0 Å². The molecule has 2 aliphatic heterocycles. The topological polar surface area (TPSA) is 148 Å². The van der Waals surface area contributed by atoms with Crippen LogP contribution >= 0.6 is 11.8 Å². The molecule has 0 radical (unpaired) electrons. The van der Waals surface area contributed by atoms with Gasteiger partial charge in [0.1, 0.15) is 0 Å². The Balaban J connectivity index is 0.000000299. The summed E-state index contributed by atoms with van der Waals surface area (Å²) in [6.07, 6.45) is 5.63. The van der Waals surface area contributed by atoms with Gasteiger partial charge in [-0.15, -0.1) is 0 Å². The Morgan fingerprint density at radius 2 is 2.04 bits per heavy atom. The number of thioether (sulfide) groups is 1. The second-order valence-electron chi connectivity index (χ2n) is 6.41. The van der Waals surface area contributed by atoms with Crippen molar-refractivity contribution < 1.29 is 19.5 Å². The van der Waals surface area contributed by atoms with E-state index in [4.69, 9.17) is 16.6 Å². The number of carbonyl (C=O) groups is 3. The predicted molar refractivity (Wildman–Crippen MR) is 98.3 cm³/mol. The Bertz CT molecular complexity index is 463. The lowest BCUT2D eigenvalue weighted by Crippen LogP contribution is -2.36. The molecule has 0 aliphatic carbocycles. The van der Waals surface area contributed by atoms with Gasteiger partial charge in [-0.25, -0.2) is 4.79 Å². The number of hydrogen-bond donors (Lipinski definition) is 5. The number of aliphatic carboxylic acids is 1. The van der Waals surface area contributed by atoms with E-state index in [0.29, 0.717) is 11.7 Å². The molecule has 9 heteroatoms. The summed E-state index contributed by atoms with van der Waals surface area (Å²) in [5, 5.41) is 14.8. The van der Waals surface area contributed by atoms with Crippen molar-refractivity contribution in [3.63, 3.8) is 0 Å². The van der Waals surface area contributed by atoms with E-state index < -0.39 is 17.9 Å². The van der Waals surface area contributed by atoms with E-state index >= 15 is 0 Å². The second-order valence-corrected chi connectivity index (χ2v) is 7.68. The molecule has 2 heterocycles. The van der Waals surface area contributed by atoms with Crippen LogP contribution in [0.4, 0.5) is 4.79 Å². The first-order valence-corrected chi connectivity index (χ1v) is 9.85. The van der Waals surface area contributed by atoms with Gasteiger partial charge < -0.3 is 27.2 Å². The smallest absolute Gasteiger partial charge is 0.315 e. The van der Waals surface area contributed by atoms with Gasteiger partial charge in [0.15, 0.2) is 0 Å². The van der Waals surface area contributed by atoms with Crippen molar-refractivity contribution in [1.29, 1.82) is 0 Å². The summed E-state index contributed by atoms with van der Waals surface area (Å²) >= 11 is 1.87. The Labute approximate surface area is 152 Å². The Hall–Kier alpha value is -1.48. The minimum absolute atomic E-state index is 0.0640. The van der Waals surface area contributed by atoms with E-state index in [1.807, 2.05) is 18.7 Å². The zero-order valence-electron chi connectivity index (χ0n) is 14.7. The van der Waals surface area contributed by atoms with Gasteiger partial charge in [-0.3, -0.25) is 9.59 Å². The van der Waals surface area contributed by atoms with Gasteiger partial charge in [0.05, 0.1) is 18.1 Å². The average Bonchev–Trinajstić information content (AvgIpc) is 3.09. The van der Waals surface area contributed by atoms with Crippen molar-refractivity contribution in [3.05, 3.63) is 0 Å². The molecule has 2 saturated heterocycles. The Kier molecular flexibility index (Phi) is 9.66. The van der Waals surface area contributed by atoms with E-state index in [9.17, 15) is 14.4 Å². The van der Waals surface area contributed by atoms with Crippen LogP contribution in [-0.4, -0.2) is 52.1 Å². The molecule has 2 fully saturated rings. The maximum atomic E-state index is 11.1. The summed E-state index contributed by atoms with van der Waals surface area (Å²) < 4.78 is 0. The molecule has 7 N–H and O–H groups in total. The fourth-order valence-corrected chi connectivity index (χ4v) is 4.37. The zero-order chi connectivity index (χ0) is 18.8. The molecule has 0 aromatic rings. The van der Waals surface area contributed by atoms with Gasteiger partial charge >= 0.3 is 12.0 Å². The number of carboxylic acid groups (broad SMARTS) is 1. The maximum Gasteiger partial charge on any atom is 0.315 e. The number of hydrogen-bond acceptors (Lipinski definition) is 5. The molecule has 2 rings (SSSR count). The lowest BCUT2D eigenvalue weighted by Gasteiger charge is -2.16. The van der Waals surface area contributed by atoms with Crippen LogP contribution in [0.5, 0.6) is 0 Å². The summed E-state index contributed by atoms with van der Waals surface area (Å²) in [6.45, 7) is 2.05. The van der Waals surface area contributed by atoms with E-state index in [0.717, 1.165) is 37.9 Å². The molecule has 25 heavy (non-hydrogen) atoms. The highest BCUT2D eigenvalue weighted by atomic mass is 32.2. The van der Waals surface area contributed by atoms with Gasteiger partial charge in [0, 0.05) is 17.4 Å². The fourth-order valence-electron chi connectivity index (χ4n) is 2.83. The molecule has 2 aliphatic rings. The monoisotopic (exact) mass is 374 g/mol. The number of amides is 3. The summed E-state index contributed by atoms with van der Waals surface area (Å²) in [7, 11) is 0. The highest BCUT2D eigenvalue weighted by molar-refractivity contribution is 8.00. The zero-order valence-corrected chi connectivity index (χ0v) is 15.5. The third kappa shape index (κ3) is 7.96. The van der Waals surface area contributed by atoms with Crippen LogP contribution in [0, 0.1) is 0 Å². The highest BCUT2D eigenvalue weighted by Gasteiger charge is 2.42. The number of carbonyl (C=O) groups excluding carboxylic acids is 2. The van der Waals surface area contributed by atoms with Crippen molar-refractivity contribution in [2.75, 3.05) is 5.75 Å². The number of unbranched alkanes of at least 4 members (excludes halogenated alkanes) is 2. The number of primary amides is 1. The summed E-state index contributed by atoms with van der Waals surface area (Å²) in [4.78, 5) is 31.8. The van der Waals surface area contributed by atoms with Crippen molar-refractivity contribution >= 4 is 29.7 Å². The molecule has 0 spiro atoms. The molecule has 144 valence electrons. The van der Waals surface area contributed by atoms with Gasteiger partial charge in [-0.1, -0.05) is 26.2 Å². The predicted octanol–water partition coefficient (Wildman–Crippen LogP) is 0.786. The third-order valence-corrected chi connectivity index (χ3v) is 5.81. The normalized spacial score (nSPS) is 25.2. The molecule has 0 aromatic heterocycles. The van der Waals surface area contributed by atoms with Gasteiger partial charge in [-0.2, -0.15) is 11.8 Å². The molecule has 3 amide bonds. The lowest BCUT2D eigenvalue weighted by atomic mass is 10.0. The Morgan fingerprint density at radius 1 is 1.32 bits per heavy atom. The lowest BCUT2D eigenvalue weighted by molar-refractivity contribution is -0.137. The average molecular weight is 375 g/mol. The van der Waals surface area contributed by atoms with E-state index in [-0.39, 0.29) is 24.5 Å². The van der Waals surface area contributed by atoms with E-state index in [1.54, 1.807) is 0 Å². The number of nitrogens with one attached hydrogen (secondary N) is 2. The van der Waals surface area contributed by atoms with Crippen LogP contribution < -0.4 is 22.1 Å². The first kappa shape index (κ1) is 21.6. The minimum atomic E-state index is -0.729. The molecule has 0 aromatic carbocycles. The van der Waals surface area contributed by atoms with Gasteiger partial charge in [0.2, 0.25) is 5.91 Å². The number of rotatable bonds is 9. The standard InChI is InChI=1S/C10H16N2O3S.C6H14N2O/c13-8(14)4-2-1-3-7-9-6(5-16-7)11-10(15)12-9;1-2-3-4-5(7)6(8)9/h6-7,9H,1-5H2,(H,13,14)(H2,11,12,15);5H,2-4,7H2,1H3,(H2,8,9)/t6-,7-,9-;/m0./s1. The van der Waals surface area contributed by atoms with Crippen LogP contribution in [0.2, 0.25) is 0 Å².